The van der Waals surface area contributed by atoms with Gasteiger partial charge in [-0.05, 0) is 49.2 Å². The van der Waals surface area contributed by atoms with Gasteiger partial charge >= 0.3 is 0 Å². The molecule has 27 heavy (non-hydrogen) atoms. The van der Waals surface area contributed by atoms with Gasteiger partial charge in [-0.3, -0.25) is 4.79 Å². The second-order valence-corrected chi connectivity index (χ2v) is 6.59. The predicted molar refractivity (Wildman–Crippen MR) is 98.8 cm³/mol. The van der Waals surface area contributed by atoms with Gasteiger partial charge in [-0.25, -0.2) is 0 Å². The highest BCUT2D eigenvalue weighted by Crippen LogP contribution is 2.29. The highest BCUT2D eigenvalue weighted by Gasteiger charge is 2.29. The van der Waals surface area contributed by atoms with Crippen molar-refractivity contribution in [2.75, 3.05) is 13.1 Å². The fourth-order valence-corrected chi connectivity index (χ4v) is 3.33. The van der Waals surface area contributed by atoms with Crippen LogP contribution in [0.4, 0.5) is 0 Å². The van der Waals surface area contributed by atoms with Crippen LogP contribution >= 0.6 is 0 Å². The number of likely N-dealkylation sites (tertiary alicyclic amines) is 1. The van der Waals surface area contributed by atoms with Crippen molar-refractivity contribution in [2.24, 2.45) is 0 Å². The SMILES string of the molecule is N#Cc1ccc(C(=O)N2CCCC(c3nnc(-c4ccccc4)o3)C2)cc1. The Balaban J connectivity index is 1.49. The average molecular weight is 358 g/mol. The third-order valence-corrected chi connectivity index (χ3v) is 4.78. The molecule has 0 saturated carbocycles. The predicted octanol–water partition coefficient (Wildman–Crippen LogP) is 3.63. The molecular formula is C21H18N4O2. The van der Waals surface area contributed by atoms with Crippen LogP contribution in [0, 0.1) is 11.3 Å². The standard InChI is InChI=1S/C21H18N4O2/c22-13-15-8-10-17(11-9-15)21(26)25-12-4-7-18(14-25)20-24-23-19(27-20)16-5-2-1-3-6-16/h1-3,5-6,8-11,18H,4,7,12,14H2. The Labute approximate surface area is 157 Å². The molecular weight excluding hydrogens is 340 g/mol. The van der Waals surface area contributed by atoms with E-state index in [1.54, 1.807) is 24.3 Å². The highest BCUT2D eigenvalue weighted by molar-refractivity contribution is 5.94. The van der Waals surface area contributed by atoms with Gasteiger partial charge in [0.25, 0.3) is 5.91 Å². The van der Waals surface area contributed by atoms with Gasteiger partial charge in [-0.1, -0.05) is 18.2 Å². The van der Waals surface area contributed by atoms with Crippen LogP contribution in [0.1, 0.15) is 40.6 Å². The van der Waals surface area contributed by atoms with Gasteiger partial charge in [0.15, 0.2) is 0 Å². The Hall–Kier alpha value is -3.46. The topological polar surface area (TPSA) is 83.0 Å². The lowest BCUT2D eigenvalue weighted by Gasteiger charge is -2.31. The smallest absolute Gasteiger partial charge is 0.253 e. The molecule has 0 aliphatic carbocycles. The summed E-state index contributed by atoms with van der Waals surface area (Å²) in [6.07, 6.45) is 1.79. The number of piperidine rings is 1. The summed E-state index contributed by atoms with van der Waals surface area (Å²) in [5.41, 5.74) is 2.02. The first-order chi connectivity index (χ1) is 13.2. The van der Waals surface area contributed by atoms with Crippen LogP contribution in [0.3, 0.4) is 0 Å². The molecule has 2 heterocycles. The third kappa shape index (κ3) is 3.58. The van der Waals surface area contributed by atoms with E-state index in [2.05, 4.69) is 16.3 Å². The van der Waals surface area contributed by atoms with Gasteiger partial charge < -0.3 is 9.32 Å². The van der Waals surface area contributed by atoms with E-state index in [0.717, 1.165) is 18.4 Å². The Kier molecular flexibility index (Phi) is 4.67. The van der Waals surface area contributed by atoms with Crippen LogP contribution in [0.5, 0.6) is 0 Å². The van der Waals surface area contributed by atoms with Crippen molar-refractivity contribution >= 4 is 5.91 Å². The van der Waals surface area contributed by atoms with Gasteiger partial charge in [-0.2, -0.15) is 5.26 Å². The van der Waals surface area contributed by atoms with Crippen LogP contribution in [-0.2, 0) is 0 Å². The van der Waals surface area contributed by atoms with Crippen LogP contribution < -0.4 is 0 Å². The summed E-state index contributed by atoms with van der Waals surface area (Å²) < 4.78 is 5.88. The van der Waals surface area contributed by atoms with Crippen molar-refractivity contribution in [2.45, 2.75) is 18.8 Å². The van der Waals surface area contributed by atoms with E-state index in [0.29, 0.717) is 36.0 Å². The van der Waals surface area contributed by atoms with E-state index in [1.807, 2.05) is 35.2 Å². The van der Waals surface area contributed by atoms with E-state index in [1.165, 1.54) is 0 Å². The second kappa shape index (κ2) is 7.42. The van der Waals surface area contributed by atoms with Crippen molar-refractivity contribution in [3.05, 3.63) is 71.6 Å². The number of benzene rings is 2. The molecule has 0 N–H and O–H groups in total. The zero-order valence-corrected chi connectivity index (χ0v) is 14.7. The summed E-state index contributed by atoms with van der Waals surface area (Å²) in [5.74, 6) is 1.07. The summed E-state index contributed by atoms with van der Waals surface area (Å²) in [4.78, 5) is 14.6. The van der Waals surface area contributed by atoms with E-state index in [4.69, 9.17) is 9.68 Å². The molecule has 0 spiro atoms. The first-order valence-electron chi connectivity index (χ1n) is 8.93. The largest absolute Gasteiger partial charge is 0.420 e. The molecule has 1 atom stereocenters. The number of rotatable bonds is 3. The molecule has 1 aliphatic rings. The molecule has 0 bridgehead atoms. The normalized spacial score (nSPS) is 16.7. The van der Waals surface area contributed by atoms with Crippen molar-refractivity contribution in [3.8, 4) is 17.5 Å². The molecule has 3 aromatic rings. The maximum atomic E-state index is 12.8. The summed E-state index contributed by atoms with van der Waals surface area (Å²) in [5, 5.41) is 17.3. The number of aromatic nitrogens is 2. The molecule has 4 rings (SSSR count). The molecule has 6 nitrogen and oxygen atoms in total. The molecule has 1 aromatic heterocycles. The molecule has 6 heteroatoms. The van der Waals surface area contributed by atoms with E-state index < -0.39 is 0 Å². The van der Waals surface area contributed by atoms with Gasteiger partial charge in [0.05, 0.1) is 17.6 Å². The van der Waals surface area contributed by atoms with Crippen LogP contribution in [0.25, 0.3) is 11.5 Å². The number of carbonyl (C=O) groups excluding carboxylic acids is 1. The van der Waals surface area contributed by atoms with Gasteiger partial charge in [-0.15, -0.1) is 10.2 Å². The Morgan fingerprint density at radius 2 is 1.89 bits per heavy atom. The zero-order valence-electron chi connectivity index (χ0n) is 14.7. The Morgan fingerprint density at radius 1 is 1.11 bits per heavy atom. The lowest BCUT2D eigenvalue weighted by molar-refractivity contribution is 0.0698. The molecule has 1 amide bonds. The van der Waals surface area contributed by atoms with Gasteiger partial charge in [0, 0.05) is 24.2 Å². The van der Waals surface area contributed by atoms with Gasteiger partial charge in [0.2, 0.25) is 11.8 Å². The van der Waals surface area contributed by atoms with E-state index in [-0.39, 0.29) is 11.8 Å². The zero-order chi connectivity index (χ0) is 18.6. The summed E-state index contributed by atoms with van der Waals surface area (Å²) in [6, 6.07) is 18.4. The quantitative estimate of drug-likeness (QED) is 0.714. The molecule has 1 fully saturated rings. The molecule has 0 radical (unpaired) electrons. The van der Waals surface area contributed by atoms with Crippen molar-refractivity contribution in [1.82, 2.24) is 15.1 Å². The first kappa shape index (κ1) is 17.0. The number of hydrogen-bond acceptors (Lipinski definition) is 5. The number of nitrogens with zero attached hydrogens (tertiary/aromatic N) is 4. The highest BCUT2D eigenvalue weighted by atomic mass is 16.4. The minimum absolute atomic E-state index is 0.0334. The molecule has 1 aliphatic heterocycles. The molecule has 1 saturated heterocycles. The maximum Gasteiger partial charge on any atom is 0.253 e. The average Bonchev–Trinajstić information content (AvgIpc) is 3.24. The van der Waals surface area contributed by atoms with E-state index in [9.17, 15) is 4.79 Å². The van der Waals surface area contributed by atoms with Crippen LogP contribution in [-0.4, -0.2) is 34.1 Å². The molecule has 1 unspecified atom stereocenters. The number of hydrogen-bond donors (Lipinski definition) is 0. The van der Waals surface area contributed by atoms with E-state index >= 15 is 0 Å². The Bertz CT molecular complexity index is 973. The number of carbonyl (C=O) groups is 1. The summed E-state index contributed by atoms with van der Waals surface area (Å²) in [7, 11) is 0. The number of amides is 1. The third-order valence-electron chi connectivity index (χ3n) is 4.78. The van der Waals surface area contributed by atoms with Crippen LogP contribution in [0.2, 0.25) is 0 Å². The Morgan fingerprint density at radius 3 is 2.63 bits per heavy atom. The minimum Gasteiger partial charge on any atom is -0.420 e. The van der Waals surface area contributed by atoms with Crippen molar-refractivity contribution < 1.29 is 9.21 Å². The summed E-state index contributed by atoms with van der Waals surface area (Å²) >= 11 is 0. The van der Waals surface area contributed by atoms with Gasteiger partial charge in [0.1, 0.15) is 0 Å². The molecule has 134 valence electrons. The maximum absolute atomic E-state index is 12.8. The van der Waals surface area contributed by atoms with Crippen LogP contribution in [0.15, 0.2) is 59.0 Å². The van der Waals surface area contributed by atoms with Crippen molar-refractivity contribution in [3.63, 3.8) is 0 Å². The minimum atomic E-state index is -0.0352. The fourth-order valence-electron chi connectivity index (χ4n) is 3.33. The first-order valence-corrected chi connectivity index (χ1v) is 8.93. The lowest BCUT2D eigenvalue weighted by atomic mass is 9.97. The number of nitriles is 1. The lowest BCUT2D eigenvalue weighted by Crippen LogP contribution is -2.39. The monoisotopic (exact) mass is 358 g/mol. The second-order valence-electron chi connectivity index (χ2n) is 6.59. The van der Waals surface area contributed by atoms with Crippen molar-refractivity contribution in [1.29, 1.82) is 5.26 Å². The fraction of sp³-hybridized carbons (Fsp3) is 0.238. The molecule has 2 aromatic carbocycles. The summed E-state index contributed by atoms with van der Waals surface area (Å²) in [6.45, 7) is 1.25.